The standard InChI is InChI=1S/C30H42N6O4S/c1-10-30(8,31)22-16-34-26(39-17(2)14-28(4,5)41(9,32)38)21-15-33-24(13-20(21)22)35-23-12-11-19-25(36-23)29(6,7)18(3)40-27(19)37/h11-13,15-18,32H,10,14,31H2,1-9H3,(H,33,35,36)/t17-,18-,30?,41?/m0/s1. The fraction of sp³-hybridized carbons (Fsp3) is 0.533. The number of nitrogens with one attached hydrogen (secondary N) is 2. The zero-order valence-electron chi connectivity index (χ0n) is 25.4. The third kappa shape index (κ3) is 5.88. The lowest BCUT2D eigenvalue weighted by molar-refractivity contribution is 0.00864. The third-order valence-electron chi connectivity index (χ3n) is 8.51. The molecule has 3 aromatic heterocycles. The van der Waals surface area contributed by atoms with Gasteiger partial charge in [0.2, 0.25) is 5.88 Å². The van der Waals surface area contributed by atoms with Gasteiger partial charge in [0.05, 0.1) is 27.5 Å². The number of rotatable bonds is 9. The van der Waals surface area contributed by atoms with Crippen LogP contribution >= 0.6 is 0 Å². The Morgan fingerprint density at radius 2 is 1.88 bits per heavy atom. The molecule has 10 nitrogen and oxygen atoms in total. The van der Waals surface area contributed by atoms with Crippen LogP contribution in [0.5, 0.6) is 5.88 Å². The number of carbonyl (C=O) groups is 1. The van der Waals surface area contributed by atoms with Crippen LogP contribution in [-0.4, -0.2) is 48.3 Å². The Kier molecular flexibility index (Phi) is 7.85. The van der Waals surface area contributed by atoms with Gasteiger partial charge in [0, 0.05) is 45.8 Å². The first-order valence-corrected chi connectivity index (χ1v) is 15.8. The van der Waals surface area contributed by atoms with Crippen molar-refractivity contribution >= 4 is 38.1 Å². The predicted octanol–water partition coefficient (Wildman–Crippen LogP) is 5.80. The number of pyridine rings is 3. The van der Waals surface area contributed by atoms with E-state index in [0.29, 0.717) is 47.0 Å². The van der Waals surface area contributed by atoms with Crippen molar-refractivity contribution in [3.8, 4) is 5.88 Å². The summed E-state index contributed by atoms with van der Waals surface area (Å²) >= 11 is 0. The summed E-state index contributed by atoms with van der Waals surface area (Å²) in [6, 6.07) is 5.37. The van der Waals surface area contributed by atoms with Gasteiger partial charge in [-0.15, -0.1) is 0 Å². The van der Waals surface area contributed by atoms with Crippen LogP contribution in [0.1, 0.15) is 89.8 Å². The number of nitrogens with two attached hydrogens (primary N) is 1. The summed E-state index contributed by atoms with van der Waals surface area (Å²) in [4.78, 5) is 26.5. The molecule has 1 aliphatic rings. The van der Waals surface area contributed by atoms with Gasteiger partial charge < -0.3 is 20.5 Å². The van der Waals surface area contributed by atoms with Gasteiger partial charge in [-0.2, -0.15) is 0 Å². The molecule has 3 aromatic rings. The van der Waals surface area contributed by atoms with Crippen LogP contribution < -0.4 is 15.8 Å². The Balaban J connectivity index is 1.73. The zero-order valence-corrected chi connectivity index (χ0v) is 26.2. The van der Waals surface area contributed by atoms with E-state index in [0.717, 1.165) is 10.9 Å². The third-order valence-corrected chi connectivity index (χ3v) is 10.8. The molecule has 4 rings (SSSR count). The smallest absolute Gasteiger partial charge is 0.340 e. The van der Waals surface area contributed by atoms with Gasteiger partial charge in [0.1, 0.15) is 17.7 Å². The highest BCUT2D eigenvalue weighted by atomic mass is 32.2. The number of hydrogen-bond acceptors (Lipinski definition) is 10. The van der Waals surface area contributed by atoms with Gasteiger partial charge >= 0.3 is 5.97 Å². The fourth-order valence-corrected chi connectivity index (χ4v) is 5.43. The van der Waals surface area contributed by atoms with Crippen molar-refractivity contribution in [1.29, 1.82) is 4.78 Å². The first-order valence-electron chi connectivity index (χ1n) is 13.8. The molecule has 2 unspecified atom stereocenters. The number of ether oxygens (including phenoxy) is 2. The molecule has 0 spiro atoms. The van der Waals surface area contributed by atoms with Crippen LogP contribution in [0.2, 0.25) is 0 Å². The molecule has 0 amide bonds. The molecule has 0 saturated carbocycles. The summed E-state index contributed by atoms with van der Waals surface area (Å²) in [5.41, 5.74) is 7.56. The topological polar surface area (TPSA) is 153 Å². The number of aromatic nitrogens is 3. The molecule has 0 radical (unpaired) electrons. The molecule has 4 heterocycles. The Hall–Kier alpha value is -3.31. The second kappa shape index (κ2) is 10.5. The number of carbonyl (C=O) groups excluding carboxylic acids is 1. The Bertz CT molecular complexity index is 1600. The largest absolute Gasteiger partial charge is 0.474 e. The van der Waals surface area contributed by atoms with Crippen molar-refractivity contribution in [2.45, 2.75) is 96.1 Å². The van der Waals surface area contributed by atoms with Crippen molar-refractivity contribution in [3.05, 3.63) is 47.4 Å². The Labute approximate surface area is 242 Å². The van der Waals surface area contributed by atoms with Crippen molar-refractivity contribution in [3.63, 3.8) is 0 Å². The van der Waals surface area contributed by atoms with E-state index in [1.807, 2.05) is 61.5 Å². The molecule has 0 bridgehead atoms. The molecule has 4 atom stereocenters. The molecule has 1 aliphatic heterocycles. The van der Waals surface area contributed by atoms with E-state index in [-0.39, 0.29) is 18.2 Å². The lowest BCUT2D eigenvalue weighted by Crippen LogP contribution is -2.42. The van der Waals surface area contributed by atoms with Crippen LogP contribution in [0, 0.1) is 4.78 Å². The maximum atomic E-state index is 12.5. The lowest BCUT2D eigenvalue weighted by Gasteiger charge is -2.36. The van der Waals surface area contributed by atoms with Gasteiger partial charge in [-0.3, -0.25) is 4.78 Å². The summed E-state index contributed by atoms with van der Waals surface area (Å²) in [5, 5.41) is 4.82. The van der Waals surface area contributed by atoms with Crippen LogP contribution in [0.3, 0.4) is 0 Å². The van der Waals surface area contributed by atoms with Gasteiger partial charge in [-0.05, 0) is 70.2 Å². The lowest BCUT2D eigenvalue weighted by atomic mass is 9.79. The maximum absolute atomic E-state index is 12.5. The second-order valence-corrected chi connectivity index (χ2v) is 15.4. The molecule has 4 N–H and O–H groups in total. The van der Waals surface area contributed by atoms with Crippen molar-refractivity contribution in [1.82, 2.24) is 15.0 Å². The number of esters is 1. The predicted molar refractivity (Wildman–Crippen MR) is 162 cm³/mol. The van der Waals surface area contributed by atoms with Crippen molar-refractivity contribution < 1.29 is 18.5 Å². The minimum atomic E-state index is -2.79. The molecule has 11 heteroatoms. The summed E-state index contributed by atoms with van der Waals surface area (Å²) in [6.45, 7) is 15.4. The molecule has 222 valence electrons. The molecule has 0 aromatic carbocycles. The van der Waals surface area contributed by atoms with Gasteiger partial charge in [0.15, 0.2) is 0 Å². The molecular formula is C30H42N6O4S. The van der Waals surface area contributed by atoms with E-state index in [1.54, 1.807) is 24.5 Å². The van der Waals surface area contributed by atoms with Gasteiger partial charge in [0.25, 0.3) is 0 Å². The molecule has 0 fully saturated rings. The number of fused-ring (bicyclic) bond motifs is 2. The van der Waals surface area contributed by atoms with E-state index in [4.69, 9.17) is 25.0 Å². The minimum absolute atomic E-state index is 0.313. The van der Waals surface area contributed by atoms with Crippen LogP contribution in [0.15, 0.2) is 30.6 Å². The average molecular weight is 583 g/mol. The fourth-order valence-electron chi connectivity index (χ4n) is 4.88. The summed E-state index contributed by atoms with van der Waals surface area (Å²) in [7, 11) is -2.79. The van der Waals surface area contributed by atoms with Crippen LogP contribution in [0.4, 0.5) is 11.6 Å². The molecule has 0 saturated heterocycles. The van der Waals surface area contributed by atoms with E-state index in [9.17, 15) is 9.00 Å². The minimum Gasteiger partial charge on any atom is -0.474 e. The van der Waals surface area contributed by atoms with E-state index >= 15 is 0 Å². The Morgan fingerprint density at radius 1 is 1.20 bits per heavy atom. The van der Waals surface area contributed by atoms with Gasteiger partial charge in [-0.1, -0.05) is 20.8 Å². The van der Waals surface area contributed by atoms with Gasteiger partial charge in [-0.25, -0.2) is 24.0 Å². The zero-order chi connectivity index (χ0) is 30.5. The van der Waals surface area contributed by atoms with Crippen molar-refractivity contribution in [2.75, 3.05) is 11.6 Å². The normalized spacial score (nSPS) is 20.3. The summed E-state index contributed by atoms with van der Waals surface area (Å²) < 4.78 is 31.5. The number of cyclic esters (lactones) is 1. The second-order valence-electron chi connectivity index (χ2n) is 12.6. The Morgan fingerprint density at radius 3 is 2.51 bits per heavy atom. The molecule has 0 aliphatic carbocycles. The highest BCUT2D eigenvalue weighted by Crippen LogP contribution is 2.38. The average Bonchev–Trinajstić information content (AvgIpc) is 2.86. The summed E-state index contributed by atoms with van der Waals surface area (Å²) in [6.07, 6.45) is 5.34. The summed E-state index contributed by atoms with van der Waals surface area (Å²) in [5.74, 6) is 1.13. The van der Waals surface area contributed by atoms with E-state index in [2.05, 4.69) is 15.3 Å². The van der Waals surface area contributed by atoms with Crippen molar-refractivity contribution in [2.24, 2.45) is 5.73 Å². The molecule has 41 heavy (non-hydrogen) atoms. The van der Waals surface area contributed by atoms with E-state index < -0.39 is 25.4 Å². The van der Waals surface area contributed by atoms with Crippen LogP contribution in [0.25, 0.3) is 10.8 Å². The number of anilines is 2. The van der Waals surface area contributed by atoms with E-state index in [1.165, 1.54) is 6.26 Å². The maximum Gasteiger partial charge on any atom is 0.340 e. The first kappa shape index (κ1) is 30.6. The highest BCUT2D eigenvalue weighted by molar-refractivity contribution is 7.93. The SMILES string of the molecule is CCC(C)(N)c1cnc(O[C@@H](C)CC(C)(C)S(C)(=N)=O)c2cnc(Nc3ccc4c(n3)C(C)(C)[C@H](C)OC4=O)cc12. The number of nitrogens with zero attached hydrogens (tertiary/aromatic N) is 3. The highest BCUT2D eigenvalue weighted by Gasteiger charge is 2.41. The monoisotopic (exact) mass is 582 g/mol. The van der Waals surface area contributed by atoms with Crippen LogP contribution in [-0.2, 0) is 25.4 Å². The molecular weight excluding hydrogens is 540 g/mol. The first-order chi connectivity index (χ1) is 18.9. The number of hydrogen-bond donors (Lipinski definition) is 3. The quantitative estimate of drug-likeness (QED) is 0.266.